The van der Waals surface area contributed by atoms with E-state index in [2.05, 4.69) is 27.5 Å². The third-order valence-electron chi connectivity index (χ3n) is 3.51. The molecule has 1 aromatic heterocycles. The van der Waals surface area contributed by atoms with Crippen molar-refractivity contribution in [1.29, 1.82) is 0 Å². The fraction of sp³-hybridized carbons (Fsp3) is 0.545. The molecule has 2 aliphatic heterocycles. The highest BCUT2D eigenvalue weighted by Crippen LogP contribution is 2.41. The second kappa shape index (κ2) is 3.66. The predicted octanol–water partition coefficient (Wildman–Crippen LogP) is 0.960. The number of nitrogens with zero attached hydrogens (tertiary/aromatic N) is 3. The monoisotopic (exact) mass is 234 g/mol. The quantitative estimate of drug-likeness (QED) is 0.724. The third-order valence-corrected chi connectivity index (χ3v) is 3.51. The molecule has 0 atom stereocenters. The normalized spacial score (nSPS) is 22.8. The fourth-order valence-electron chi connectivity index (χ4n) is 2.50. The van der Waals surface area contributed by atoms with Gasteiger partial charge in [0.1, 0.15) is 5.60 Å². The lowest BCUT2D eigenvalue weighted by molar-refractivity contribution is -0.0338. The number of hydrogen-bond donors (Lipinski definition) is 1. The molecule has 6 nitrogen and oxygen atoms in total. The van der Waals surface area contributed by atoms with E-state index in [0.717, 1.165) is 31.5 Å². The van der Waals surface area contributed by atoms with Gasteiger partial charge >= 0.3 is 6.09 Å². The first-order chi connectivity index (χ1) is 8.20. The minimum absolute atomic E-state index is 0.428. The van der Waals surface area contributed by atoms with Crippen molar-refractivity contribution in [2.24, 2.45) is 0 Å². The second-order valence-electron chi connectivity index (χ2n) is 4.61. The van der Waals surface area contributed by atoms with Crippen molar-refractivity contribution in [2.45, 2.75) is 18.4 Å². The fourth-order valence-corrected chi connectivity index (χ4v) is 2.50. The van der Waals surface area contributed by atoms with Gasteiger partial charge in [-0.15, -0.1) is 5.10 Å². The minimum atomic E-state index is -0.514. The van der Waals surface area contributed by atoms with Crippen molar-refractivity contribution in [2.75, 3.05) is 25.5 Å². The number of carbonyl (C=O) groups excluding carboxylic acids is 1. The molecule has 17 heavy (non-hydrogen) atoms. The van der Waals surface area contributed by atoms with Gasteiger partial charge in [-0.2, -0.15) is 5.10 Å². The Morgan fingerprint density at radius 1 is 1.47 bits per heavy atom. The van der Waals surface area contributed by atoms with Crippen molar-refractivity contribution < 1.29 is 9.53 Å². The molecule has 0 bridgehead atoms. The maximum atomic E-state index is 11.6. The first-order valence-corrected chi connectivity index (χ1v) is 5.70. The lowest BCUT2D eigenvalue weighted by atomic mass is 9.84. The molecule has 2 aliphatic rings. The summed E-state index contributed by atoms with van der Waals surface area (Å²) in [6.07, 6.45) is 2.81. The molecule has 1 spiro atoms. The van der Waals surface area contributed by atoms with Crippen LogP contribution in [-0.2, 0) is 10.3 Å². The summed E-state index contributed by atoms with van der Waals surface area (Å²) in [5.74, 6) is 0.535. The Morgan fingerprint density at radius 2 is 2.24 bits per heavy atom. The number of anilines is 1. The van der Waals surface area contributed by atoms with Crippen LogP contribution in [0.3, 0.4) is 0 Å². The zero-order valence-electron chi connectivity index (χ0n) is 9.64. The SMILES string of the molecule is CN1CCC2(CC1)OC(=O)Nc1nnccc12. The Kier molecular flexibility index (Phi) is 2.25. The molecule has 6 heteroatoms. The lowest BCUT2D eigenvalue weighted by Crippen LogP contribution is -2.47. The number of nitrogens with one attached hydrogen (secondary N) is 1. The van der Waals surface area contributed by atoms with Crippen LogP contribution >= 0.6 is 0 Å². The summed E-state index contributed by atoms with van der Waals surface area (Å²) in [6.45, 7) is 1.82. The second-order valence-corrected chi connectivity index (χ2v) is 4.61. The van der Waals surface area contributed by atoms with E-state index in [1.807, 2.05) is 6.07 Å². The molecule has 3 heterocycles. The third kappa shape index (κ3) is 1.64. The largest absolute Gasteiger partial charge is 0.438 e. The standard InChI is InChI=1S/C11H14N4O2/c1-15-6-3-11(4-7-15)8-2-5-12-14-9(8)13-10(16)17-11/h2,5H,3-4,6-7H2,1H3,(H,13,14,16). The van der Waals surface area contributed by atoms with E-state index in [4.69, 9.17) is 4.74 Å². The summed E-state index contributed by atoms with van der Waals surface area (Å²) >= 11 is 0. The average molecular weight is 234 g/mol. The Balaban J connectivity index is 2.02. The van der Waals surface area contributed by atoms with Crippen LogP contribution in [0.1, 0.15) is 18.4 Å². The van der Waals surface area contributed by atoms with E-state index in [1.54, 1.807) is 6.20 Å². The van der Waals surface area contributed by atoms with Crippen molar-refractivity contribution in [1.82, 2.24) is 15.1 Å². The molecular formula is C11H14N4O2. The number of amides is 1. The van der Waals surface area contributed by atoms with Gasteiger partial charge in [0.05, 0.1) is 6.20 Å². The van der Waals surface area contributed by atoms with Gasteiger partial charge in [-0.3, -0.25) is 5.32 Å². The number of fused-ring (bicyclic) bond motifs is 2. The van der Waals surface area contributed by atoms with Gasteiger partial charge in [0.15, 0.2) is 5.82 Å². The molecule has 0 aromatic carbocycles. The molecule has 0 radical (unpaired) electrons. The lowest BCUT2D eigenvalue weighted by Gasteiger charge is -2.42. The van der Waals surface area contributed by atoms with Gasteiger partial charge in [-0.05, 0) is 13.1 Å². The van der Waals surface area contributed by atoms with Crippen LogP contribution in [-0.4, -0.2) is 41.3 Å². The van der Waals surface area contributed by atoms with Gasteiger partial charge in [0.25, 0.3) is 0 Å². The van der Waals surface area contributed by atoms with E-state index in [-0.39, 0.29) is 0 Å². The van der Waals surface area contributed by atoms with Gasteiger partial charge in [0.2, 0.25) is 0 Å². The summed E-state index contributed by atoms with van der Waals surface area (Å²) in [5, 5.41) is 10.4. The van der Waals surface area contributed by atoms with Crippen LogP contribution in [0.25, 0.3) is 0 Å². The Hall–Kier alpha value is -1.69. The summed E-state index contributed by atoms with van der Waals surface area (Å²) in [4.78, 5) is 13.8. The van der Waals surface area contributed by atoms with E-state index in [1.165, 1.54) is 0 Å². The van der Waals surface area contributed by atoms with Gasteiger partial charge in [-0.25, -0.2) is 4.79 Å². The Morgan fingerprint density at radius 3 is 3.00 bits per heavy atom. The predicted molar refractivity (Wildman–Crippen MR) is 60.5 cm³/mol. The van der Waals surface area contributed by atoms with Crippen LogP contribution in [0.4, 0.5) is 10.6 Å². The van der Waals surface area contributed by atoms with E-state index in [9.17, 15) is 4.79 Å². The number of likely N-dealkylation sites (tertiary alicyclic amines) is 1. The summed E-state index contributed by atoms with van der Waals surface area (Å²) in [6, 6.07) is 1.88. The average Bonchev–Trinajstić information content (AvgIpc) is 2.33. The molecule has 0 aliphatic carbocycles. The number of carbonyl (C=O) groups is 1. The van der Waals surface area contributed by atoms with Crippen molar-refractivity contribution in [3.63, 3.8) is 0 Å². The highest BCUT2D eigenvalue weighted by molar-refractivity contribution is 5.87. The molecular weight excluding hydrogens is 220 g/mol. The van der Waals surface area contributed by atoms with Crippen molar-refractivity contribution >= 4 is 11.9 Å². The summed E-state index contributed by atoms with van der Waals surface area (Å²) < 4.78 is 5.55. The number of ether oxygens (including phenoxy) is 1. The molecule has 1 saturated heterocycles. The molecule has 90 valence electrons. The van der Waals surface area contributed by atoms with Crippen LogP contribution in [0.2, 0.25) is 0 Å². The van der Waals surface area contributed by atoms with E-state index >= 15 is 0 Å². The zero-order chi connectivity index (χ0) is 11.9. The molecule has 1 aromatic rings. The molecule has 1 fully saturated rings. The van der Waals surface area contributed by atoms with Crippen LogP contribution < -0.4 is 5.32 Å². The highest BCUT2D eigenvalue weighted by Gasteiger charge is 2.44. The van der Waals surface area contributed by atoms with E-state index in [0.29, 0.717) is 5.82 Å². The van der Waals surface area contributed by atoms with Crippen LogP contribution in [0.15, 0.2) is 12.3 Å². The topological polar surface area (TPSA) is 67.3 Å². The number of hydrogen-bond acceptors (Lipinski definition) is 5. The maximum absolute atomic E-state index is 11.6. The Labute approximate surface area is 99.0 Å². The number of aromatic nitrogens is 2. The summed E-state index contributed by atoms with van der Waals surface area (Å²) in [7, 11) is 2.07. The molecule has 1 N–H and O–H groups in total. The van der Waals surface area contributed by atoms with Gasteiger partial charge in [-0.1, -0.05) is 0 Å². The van der Waals surface area contributed by atoms with E-state index < -0.39 is 11.7 Å². The number of rotatable bonds is 0. The molecule has 3 rings (SSSR count). The van der Waals surface area contributed by atoms with Gasteiger partial charge in [0, 0.05) is 31.5 Å². The number of piperidine rings is 1. The molecule has 0 saturated carbocycles. The van der Waals surface area contributed by atoms with Crippen molar-refractivity contribution in [3.05, 3.63) is 17.8 Å². The molecule has 1 amide bonds. The van der Waals surface area contributed by atoms with Gasteiger partial charge < -0.3 is 9.64 Å². The first-order valence-electron chi connectivity index (χ1n) is 5.70. The van der Waals surface area contributed by atoms with Crippen LogP contribution in [0.5, 0.6) is 0 Å². The molecule has 0 unspecified atom stereocenters. The maximum Gasteiger partial charge on any atom is 0.413 e. The first kappa shape index (κ1) is 10.5. The van der Waals surface area contributed by atoms with Crippen molar-refractivity contribution in [3.8, 4) is 0 Å². The Bertz CT molecular complexity index is 455. The zero-order valence-corrected chi connectivity index (χ0v) is 9.64. The van der Waals surface area contributed by atoms with Crippen LogP contribution in [0, 0.1) is 0 Å². The summed E-state index contributed by atoms with van der Waals surface area (Å²) in [5.41, 5.74) is 0.431. The minimum Gasteiger partial charge on any atom is -0.438 e. The highest BCUT2D eigenvalue weighted by atomic mass is 16.6. The smallest absolute Gasteiger partial charge is 0.413 e.